The first-order valence-corrected chi connectivity index (χ1v) is 8.09. The number of aryl methyl sites for hydroxylation is 1. The highest BCUT2D eigenvalue weighted by Crippen LogP contribution is 2.21. The van der Waals surface area contributed by atoms with Gasteiger partial charge in [-0.05, 0) is 48.7 Å². The number of para-hydroxylation sites is 1. The number of rotatable bonds is 4. The average molecular weight is 342 g/mol. The number of nitriles is 1. The lowest BCUT2D eigenvalue weighted by molar-refractivity contribution is 1.04. The molecule has 0 spiro atoms. The predicted octanol–water partition coefficient (Wildman–Crippen LogP) is 3.88. The molecule has 0 bridgehead atoms. The highest BCUT2D eigenvalue weighted by atomic mass is 15.2. The van der Waals surface area contributed by atoms with Crippen molar-refractivity contribution in [1.29, 1.82) is 5.26 Å². The Bertz CT molecular complexity index is 1000. The molecule has 128 valence electrons. The summed E-state index contributed by atoms with van der Waals surface area (Å²) in [5.41, 5.74) is 10.2. The number of nitrogens with two attached hydrogens (primary N) is 1. The van der Waals surface area contributed by atoms with E-state index >= 15 is 0 Å². The van der Waals surface area contributed by atoms with Gasteiger partial charge in [-0.25, -0.2) is 0 Å². The van der Waals surface area contributed by atoms with Gasteiger partial charge in [0.1, 0.15) is 6.07 Å². The van der Waals surface area contributed by atoms with Crippen molar-refractivity contribution in [1.82, 2.24) is 15.0 Å². The zero-order valence-electron chi connectivity index (χ0n) is 14.6. The molecule has 2 aromatic carbocycles. The second-order valence-electron chi connectivity index (χ2n) is 5.79. The largest absolute Gasteiger partial charge is 0.368 e. The zero-order chi connectivity index (χ0) is 18.5. The molecule has 3 aromatic rings. The lowest BCUT2D eigenvalue weighted by Crippen LogP contribution is -2.06. The van der Waals surface area contributed by atoms with Crippen LogP contribution in [0.2, 0.25) is 0 Å². The van der Waals surface area contributed by atoms with E-state index in [1.165, 1.54) is 0 Å². The van der Waals surface area contributed by atoms with E-state index in [0.717, 1.165) is 22.4 Å². The molecule has 6 heteroatoms. The molecule has 0 saturated heterocycles. The molecule has 1 aromatic heterocycles. The number of hydrogen-bond acceptors (Lipinski definition) is 6. The number of allylic oxidation sites excluding steroid dienone is 1. The summed E-state index contributed by atoms with van der Waals surface area (Å²) in [7, 11) is 0. The minimum absolute atomic E-state index is 0.0514. The quantitative estimate of drug-likeness (QED) is 0.698. The van der Waals surface area contributed by atoms with E-state index in [9.17, 15) is 5.26 Å². The Morgan fingerprint density at radius 1 is 1.04 bits per heavy atom. The smallest absolute Gasteiger partial charge is 0.232 e. The zero-order valence-corrected chi connectivity index (χ0v) is 14.6. The van der Waals surface area contributed by atoms with E-state index in [4.69, 9.17) is 5.73 Å². The summed E-state index contributed by atoms with van der Waals surface area (Å²) in [6.07, 6.45) is 1.77. The van der Waals surface area contributed by atoms with Crippen LogP contribution in [0.25, 0.3) is 11.6 Å². The fraction of sp³-hybridized carbons (Fsp3) is 0.100. The van der Waals surface area contributed by atoms with Crippen LogP contribution < -0.4 is 11.1 Å². The van der Waals surface area contributed by atoms with Crippen molar-refractivity contribution >= 4 is 29.2 Å². The summed E-state index contributed by atoms with van der Waals surface area (Å²) in [6.45, 7) is 4.04. The highest BCUT2D eigenvalue weighted by molar-refractivity contribution is 5.88. The monoisotopic (exact) mass is 342 g/mol. The first-order chi connectivity index (χ1) is 12.6. The second kappa shape index (κ2) is 7.45. The van der Waals surface area contributed by atoms with Gasteiger partial charge in [-0.1, -0.05) is 36.4 Å². The predicted molar refractivity (Wildman–Crippen MR) is 103 cm³/mol. The van der Waals surface area contributed by atoms with Crippen LogP contribution in [0.1, 0.15) is 22.5 Å². The Hall–Kier alpha value is -3.72. The first-order valence-electron chi connectivity index (χ1n) is 8.09. The van der Waals surface area contributed by atoms with Gasteiger partial charge in [0.15, 0.2) is 5.82 Å². The van der Waals surface area contributed by atoms with Crippen molar-refractivity contribution in [3.05, 3.63) is 71.0 Å². The average Bonchev–Trinajstić information content (AvgIpc) is 2.63. The van der Waals surface area contributed by atoms with Crippen molar-refractivity contribution in [2.75, 3.05) is 11.1 Å². The van der Waals surface area contributed by atoms with Gasteiger partial charge in [0.2, 0.25) is 11.9 Å². The minimum Gasteiger partial charge on any atom is -0.368 e. The summed E-state index contributed by atoms with van der Waals surface area (Å²) < 4.78 is 0. The molecule has 1 heterocycles. The fourth-order valence-electron chi connectivity index (χ4n) is 2.45. The lowest BCUT2D eigenvalue weighted by Gasteiger charge is -2.08. The van der Waals surface area contributed by atoms with E-state index in [1.807, 2.05) is 62.4 Å². The second-order valence-corrected chi connectivity index (χ2v) is 5.79. The number of hydrogen-bond donors (Lipinski definition) is 2. The van der Waals surface area contributed by atoms with Crippen LogP contribution in [0.4, 0.5) is 17.6 Å². The standard InChI is InChI=1S/C20H18N6/c1-13-7-6-8-15(14(13)2)11-16(12-21)18-24-19(22)26-20(25-18)23-17-9-4-3-5-10-17/h3-11H,1-2H3,(H3,22,23,24,25,26). The minimum atomic E-state index is 0.0514. The van der Waals surface area contributed by atoms with Gasteiger partial charge >= 0.3 is 0 Å². The Kier molecular flexibility index (Phi) is 4.90. The summed E-state index contributed by atoms with van der Waals surface area (Å²) in [6, 6.07) is 17.6. The van der Waals surface area contributed by atoms with E-state index in [2.05, 4.69) is 26.3 Å². The molecule has 0 radical (unpaired) electrons. The summed E-state index contributed by atoms with van der Waals surface area (Å²) in [4.78, 5) is 12.6. The lowest BCUT2D eigenvalue weighted by atomic mass is 10.0. The summed E-state index contributed by atoms with van der Waals surface area (Å²) in [5, 5.41) is 12.7. The van der Waals surface area contributed by atoms with Crippen LogP contribution >= 0.6 is 0 Å². The Morgan fingerprint density at radius 2 is 1.81 bits per heavy atom. The molecule has 0 amide bonds. The van der Waals surface area contributed by atoms with Gasteiger partial charge in [0.05, 0.1) is 5.57 Å². The van der Waals surface area contributed by atoms with E-state index in [-0.39, 0.29) is 11.8 Å². The molecule has 0 aliphatic rings. The molecule has 0 fully saturated rings. The number of benzene rings is 2. The maximum absolute atomic E-state index is 9.59. The van der Waals surface area contributed by atoms with Crippen LogP contribution in [0.3, 0.4) is 0 Å². The number of aromatic nitrogens is 3. The van der Waals surface area contributed by atoms with Gasteiger partial charge in [0, 0.05) is 5.69 Å². The molecule has 0 unspecified atom stereocenters. The molecule has 26 heavy (non-hydrogen) atoms. The molecular formula is C20H18N6. The van der Waals surface area contributed by atoms with Crippen LogP contribution in [-0.2, 0) is 0 Å². The third-order valence-electron chi connectivity index (χ3n) is 3.99. The molecule has 0 aliphatic heterocycles. The third kappa shape index (κ3) is 3.84. The van der Waals surface area contributed by atoms with Crippen LogP contribution in [-0.4, -0.2) is 15.0 Å². The highest BCUT2D eigenvalue weighted by Gasteiger charge is 2.11. The number of nitrogen functional groups attached to an aromatic ring is 1. The van der Waals surface area contributed by atoms with Crippen molar-refractivity contribution in [2.24, 2.45) is 0 Å². The molecule has 0 aliphatic carbocycles. The van der Waals surface area contributed by atoms with E-state index in [0.29, 0.717) is 11.5 Å². The van der Waals surface area contributed by atoms with E-state index in [1.54, 1.807) is 6.08 Å². The molecular weight excluding hydrogens is 324 g/mol. The number of anilines is 3. The van der Waals surface area contributed by atoms with Crippen molar-refractivity contribution in [2.45, 2.75) is 13.8 Å². The van der Waals surface area contributed by atoms with Crippen molar-refractivity contribution in [3.8, 4) is 6.07 Å². The van der Waals surface area contributed by atoms with Gasteiger partial charge in [-0.15, -0.1) is 0 Å². The van der Waals surface area contributed by atoms with E-state index < -0.39 is 0 Å². The maximum atomic E-state index is 9.59. The normalized spacial score (nSPS) is 11.0. The topological polar surface area (TPSA) is 101 Å². The number of nitrogens with zero attached hydrogens (tertiary/aromatic N) is 4. The number of nitrogens with one attached hydrogen (secondary N) is 1. The fourth-order valence-corrected chi connectivity index (χ4v) is 2.45. The first kappa shape index (κ1) is 17.1. The summed E-state index contributed by atoms with van der Waals surface area (Å²) >= 11 is 0. The molecule has 0 saturated carbocycles. The summed E-state index contributed by atoms with van der Waals surface area (Å²) in [5.74, 6) is 0.579. The van der Waals surface area contributed by atoms with Crippen LogP contribution in [0, 0.1) is 25.2 Å². The van der Waals surface area contributed by atoms with Gasteiger partial charge < -0.3 is 11.1 Å². The Morgan fingerprint density at radius 3 is 2.54 bits per heavy atom. The molecule has 3 N–H and O–H groups in total. The molecule has 3 rings (SSSR count). The van der Waals surface area contributed by atoms with Gasteiger partial charge in [0.25, 0.3) is 0 Å². The maximum Gasteiger partial charge on any atom is 0.232 e. The SMILES string of the molecule is Cc1cccc(C=C(C#N)c2nc(N)nc(Nc3ccccc3)n2)c1C. The van der Waals surface area contributed by atoms with Gasteiger partial charge in [-0.2, -0.15) is 20.2 Å². The Balaban J connectivity index is 2.00. The van der Waals surface area contributed by atoms with Gasteiger partial charge in [-0.3, -0.25) is 0 Å². The van der Waals surface area contributed by atoms with Crippen molar-refractivity contribution < 1.29 is 0 Å². The van der Waals surface area contributed by atoms with Crippen LogP contribution in [0.15, 0.2) is 48.5 Å². The van der Waals surface area contributed by atoms with Crippen molar-refractivity contribution in [3.63, 3.8) is 0 Å². The molecule has 0 atom stereocenters. The van der Waals surface area contributed by atoms with Crippen LogP contribution in [0.5, 0.6) is 0 Å². The Labute approximate surface area is 152 Å². The molecule has 6 nitrogen and oxygen atoms in total. The third-order valence-corrected chi connectivity index (χ3v) is 3.99.